The molecular weight excluding hydrogens is 284 g/mol. The van der Waals surface area contributed by atoms with E-state index in [2.05, 4.69) is 0 Å². The van der Waals surface area contributed by atoms with Crippen LogP contribution >= 0.6 is 0 Å². The fraction of sp³-hybridized carbons (Fsp3) is 0.188. The molecule has 0 fully saturated rings. The van der Waals surface area contributed by atoms with Gasteiger partial charge in [-0.3, -0.25) is 10.1 Å². The first kappa shape index (κ1) is 17.3. The van der Waals surface area contributed by atoms with Crippen LogP contribution in [-0.2, 0) is 0 Å². The van der Waals surface area contributed by atoms with Gasteiger partial charge in [0.2, 0.25) is 0 Å². The number of nitro groups is 1. The molecule has 0 aliphatic rings. The zero-order valence-corrected chi connectivity index (χ0v) is 12.2. The summed E-state index contributed by atoms with van der Waals surface area (Å²) in [5, 5.41) is 18.8. The van der Waals surface area contributed by atoms with E-state index in [1.807, 2.05) is 13.0 Å². The average Bonchev–Trinajstić information content (AvgIpc) is 2.55. The molecule has 0 aromatic heterocycles. The van der Waals surface area contributed by atoms with Crippen LogP contribution in [0.15, 0.2) is 54.6 Å². The fourth-order valence-electron chi connectivity index (χ4n) is 1.66. The highest BCUT2D eigenvalue weighted by Gasteiger charge is 2.08. The van der Waals surface area contributed by atoms with Gasteiger partial charge in [-0.15, -0.1) is 0 Å². The van der Waals surface area contributed by atoms with Gasteiger partial charge < -0.3 is 10.8 Å². The van der Waals surface area contributed by atoms with Crippen LogP contribution in [0, 0.1) is 10.1 Å². The monoisotopic (exact) mass is 302 g/mol. The van der Waals surface area contributed by atoms with E-state index in [4.69, 9.17) is 10.8 Å². The van der Waals surface area contributed by atoms with Crippen molar-refractivity contribution >= 4 is 11.7 Å². The Bertz CT molecular complexity index is 629. The summed E-state index contributed by atoms with van der Waals surface area (Å²) in [6.45, 7) is 2.44. The van der Waals surface area contributed by atoms with E-state index in [0.717, 1.165) is 5.56 Å². The number of rotatable bonds is 4. The third kappa shape index (κ3) is 5.34. The van der Waals surface area contributed by atoms with E-state index in [9.17, 15) is 14.9 Å². The number of nitrogens with two attached hydrogens (primary N) is 1. The number of carboxylic acids is 1. The van der Waals surface area contributed by atoms with Gasteiger partial charge in [0.1, 0.15) is 0 Å². The smallest absolute Gasteiger partial charge is 0.335 e. The van der Waals surface area contributed by atoms with Gasteiger partial charge in [-0.05, 0) is 30.2 Å². The van der Waals surface area contributed by atoms with Gasteiger partial charge in [-0.2, -0.15) is 0 Å². The van der Waals surface area contributed by atoms with Gasteiger partial charge in [-0.1, -0.05) is 37.3 Å². The number of nitro benzene ring substituents is 1. The molecule has 0 aliphatic heterocycles. The van der Waals surface area contributed by atoms with E-state index >= 15 is 0 Å². The summed E-state index contributed by atoms with van der Waals surface area (Å²) < 4.78 is 0. The van der Waals surface area contributed by atoms with E-state index in [1.54, 1.807) is 42.5 Å². The van der Waals surface area contributed by atoms with Crippen molar-refractivity contribution in [1.29, 1.82) is 0 Å². The Morgan fingerprint density at radius 2 is 1.86 bits per heavy atom. The highest BCUT2D eigenvalue weighted by atomic mass is 16.6. The highest BCUT2D eigenvalue weighted by Crippen LogP contribution is 2.19. The second-order valence-corrected chi connectivity index (χ2v) is 4.66. The number of nitrogens with zero attached hydrogens (tertiary/aromatic N) is 1. The molecule has 22 heavy (non-hydrogen) atoms. The van der Waals surface area contributed by atoms with Gasteiger partial charge in [0.25, 0.3) is 5.69 Å². The summed E-state index contributed by atoms with van der Waals surface area (Å²) >= 11 is 0. The third-order valence-corrected chi connectivity index (χ3v) is 3.02. The first-order valence-corrected chi connectivity index (χ1v) is 6.68. The molecule has 6 heteroatoms. The molecular formula is C16H18N2O4. The zero-order valence-electron chi connectivity index (χ0n) is 12.2. The Hall–Kier alpha value is -2.73. The van der Waals surface area contributed by atoms with Crippen LogP contribution in [0.5, 0.6) is 0 Å². The summed E-state index contributed by atoms with van der Waals surface area (Å²) in [4.78, 5) is 20.2. The molecule has 2 aromatic rings. The van der Waals surface area contributed by atoms with Gasteiger partial charge in [-0.25, -0.2) is 4.79 Å². The predicted molar refractivity (Wildman–Crippen MR) is 84.0 cm³/mol. The van der Waals surface area contributed by atoms with E-state index < -0.39 is 10.9 Å². The quantitative estimate of drug-likeness (QED) is 0.667. The van der Waals surface area contributed by atoms with E-state index in [1.165, 1.54) is 6.07 Å². The van der Waals surface area contributed by atoms with E-state index in [0.29, 0.717) is 12.1 Å². The van der Waals surface area contributed by atoms with Crippen molar-refractivity contribution in [3.8, 4) is 0 Å². The molecule has 6 nitrogen and oxygen atoms in total. The predicted octanol–water partition coefficient (Wildman–Crippen LogP) is 3.04. The van der Waals surface area contributed by atoms with E-state index in [-0.39, 0.29) is 11.6 Å². The Labute approximate surface area is 128 Å². The van der Waals surface area contributed by atoms with Crippen LogP contribution in [0.3, 0.4) is 0 Å². The minimum atomic E-state index is -0.879. The second-order valence-electron chi connectivity index (χ2n) is 4.66. The lowest BCUT2D eigenvalue weighted by atomic mass is 10.0. The molecule has 116 valence electrons. The van der Waals surface area contributed by atoms with Crippen molar-refractivity contribution in [3.05, 3.63) is 75.8 Å². The molecule has 0 heterocycles. The number of carboxylic acid groups (broad SMARTS) is 1. The molecule has 0 aliphatic carbocycles. The molecule has 1 atom stereocenters. The number of benzene rings is 2. The van der Waals surface area contributed by atoms with Crippen LogP contribution in [0.1, 0.15) is 28.8 Å². The Kier molecular flexibility index (Phi) is 6.72. The average molecular weight is 302 g/mol. The van der Waals surface area contributed by atoms with Gasteiger partial charge >= 0.3 is 5.97 Å². The number of carbonyl (C=O) groups is 1. The molecule has 0 saturated heterocycles. The molecule has 0 amide bonds. The first-order valence-electron chi connectivity index (χ1n) is 6.68. The van der Waals surface area contributed by atoms with Gasteiger partial charge in [0, 0.05) is 12.1 Å². The summed E-state index contributed by atoms with van der Waals surface area (Å²) in [5.74, 6) is -0.713. The number of hydrogen-bond acceptors (Lipinski definition) is 4. The second kappa shape index (κ2) is 8.53. The summed E-state index contributed by atoms with van der Waals surface area (Å²) in [7, 11) is 0. The maximum absolute atomic E-state index is 10.4. The fourth-order valence-corrected chi connectivity index (χ4v) is 1.66. The van der Waals surface area contributed by atoms with Crippen molar-refractivity contribution in [3.63, 3.8) is 0 Å². The number of aromatic carboxylic acids is 1. The minimum Gasteiger partial charge on any atom is -0.478 e. The molecule has 1 unspecified atom stereocenters. The van der Waals surface area contributed by atoms with Crippen LogP contribution < -0.4 is 5.73 Å². The molecule has 2 aromatic carbocycles. The summed E-state index contributed by atoms with van der Waals surface area (Å²) in [5.41, 5.74) is 6.83. The van der Waals surface area contributed by atoms with Crippen LogP contribution in [-0.4, -0.2) is 22.5 Å². The molecule has 0 bridgehead atoms. The maximum Gasteiger partial charge on any atom is 0.335 e. The van der Waals surface area contributed by atoms with Crippen molar-refractivity contribution in [1.82, 2.24) is 0 Å². The van der Waals surface area contributed by atoms with Crippen LogP contribution in [0.2, 0.25) is 0 Å². The number of non-ortho nitro benzene ring substituents is 1. The lowest BCUT2D eigenvalue weighted by Gasteiger charge is -2.07. The largest absolute Gasteiger partial charge is 0.478 e. The molecule has 3 N–H and O–H groups in total. The third-order valence-electron chi connectivity index (χ3n) is 3.02. The maximum atomic E-state index is 10.4. The van der Waals surface area contributed by atoms with Crippen molar-refractivity contribution in [2.75, 3.05) is 6.54 Å². The van der Waals surface area contributed by atoms with Crippen molar-refractivity contribution < 1.29 is 14.8 Å². The Morgan fingerprint density at radius 1 is 1.23 bits per heavy atom. The number of hydrogen-bond donors (Lipinski definition) is 2. The zero-order chi connectivity index (χ0) is 16.5. The lowest BCUT2D eigenvalue weighted by molar-refractivity contribution is -0.384. The van der Waals surface area contributed by atoms with Crippen molar-refractivity contribution in [2.24, 2.45) is 5.73 Å². The Morgan fingerprint density at radius 3 is 2.32 bits per heavy atom. The molecule has 0 spiro atoms. The SMILES string of the molecule is CC(CN)c1cccc([N+](=O)[O-])c1.O=C(O)c1ccccc1. The molecule has 0 saturated carbocycles. The summed E-state index contributed by atoms with van der Waals surface area (Å²) in [6.07, 6.45) is 0. The van der Waals surface area contributed by atoms with Gasteiger partial charge in [0.15, 0.2) is 0 Å². The summed E-state index contributed by atoms with van der Waals surface area (Å²) in [6, 6.07) is 14.9. The first-order chi connectivity index (χ1) is 10.5. The normalized spacial score (nSPS) is 11.0. The molecule has 2 rings (SSSR count). The lowest BCUT2D eigenvalue weighted by Crippen LogP contribution is -2.08. The Balaban J connectivity index is 0.000000235. The van der Waals surface area contributed by atoms with Crippen LogP contribution in [0.4, 0.5) is 5.69 Å². The minimum absolute atomic E-state index is 0.123. The van der Waals surface area contributed by atoms with Gasteiger partial charge in [0.05, 0.1) is 10.5 Å². The van der Waals surface area contributed by atoms with Crippen molar-refractivity contribution in [2.45, 2.75) is 12.8 Å². The molecule has 0 radical (unpaired) electrons. The van der Waals surface area contributed by atoms with Crippen LogP contribution in [0.25, 0.3) is 0 Å². The highest BCUT2D eigenvalue weighted by molar-refractivity contribution is 5.87. The topological polar surface area (TPSA) is 106 Å². The standard InChI is InChI=1S/C9H12N2O2.C7H6O2/c1-7(6-10)8-3-2-4-9(5-8)11(12)13;8-7(9)6-4-2-1-3-5-6/h2-5,7H,6,10H2,1H3;1-5H,(H,8,9).